The number of hydrogen-bond donors (Lipinski definition) is 2. The van der Waals surface area contributed by atoms with Crippen molar-refractivity contribution in [2.24, 2.45) is 0 Å². The van der Waals surface area contributed by atoms with E-state index in [1.807, 2.05) is 27.7 Å². The second-order valence-corrected chi connectivity index (χ2v) is 5.29. The minimum atomic E-state index is -0.489. The lowest BCUT2D eigenvalue weighted by Gasteiger charge is -2.27. The molecule has 0 aromatic carbocycles. The quantitative estimate of drug-likeness (QED) is 0.721. The summed E-state index contributed by atoms with van der Waals surface area (Å²) in [5, 5.41) is 6.79. The van der Waals surface area contributed by atoms with Crippen molar-refractivity contribution < 1.29 is 9.53 Å². The number of anilines is 1. The standard InChI is InChI=1S/C11H18N4O2/c1-6-8-7(9(12)14-13-8)5-15(6)10(16)17-11(2,3)4/h6H,5H2,1-4H3,(H3,12,13,14). The predicted octanol–water partition coefficient (Wildman–Crippen LogP) is 1.80. The van der Waals surface area contributed by atoms with Gasteiger partial charge >= 0.3 is 6.09 Å². The van der Waals surface area contributed by atoms with Gasteiger partial charge in [0.05, 0.1) is 18.3 Å². The molecule has 0 spiro atoms. The first-order valence-corrected chi connectivity index (χ1v) is 5.62. The van der Waals surface area contributed by atoms with Crippen LogP contribution in [0.3, 0.4) is 0 Å². The number of fused-ring (bicyclic) bond motifs is 1. The number of aromatic nitrogens is 2. The molecule has 1 aliphatic rings. The van der Waals surface area contributed by atoms with Gasteiger partial charge < -0.3 is 10.5 Å². The summed E-state index contributed by atoms with van der Waals surface area (Å²) in [5.74, 6) is 0.456. The third-order valence-electron chi connectivity index (χ3n) is 2.77. The molecule has 0 bridgehead atoms. The largest absolute Gasteiger partial charge is 0.444 e. The van der Waals surface area contributed by atoms with Crippen molar-refractivity contribution in [2.45, 2.75) is 45.9 Å². The minimum absolute atomic E-state index is 0.0790. The van der Waals surface area contributed by atoms with E-state index in [1.165, 1.54) is 0 Å². The fourth-order valence-electron chi connectivity index (χ4n) is 1.91. The zero-order valence-corrected chi connectivity index (χ0v) is 10.6. The van der Waals surface area contributed by atoms with Crippen LogP contribution in [0.1, 0.15) is 45.0 Å². The van der Waals surface area contributed by atoms with E-state index in [1.54, 1.807) is 4.90 Å². The summed E-state index contributed by atoms with van der Waals surface area (Å²) in [7, 11) is 0. The van der Waals surface area contributed by atoms with Gasteiger partial charge in [0.25, 0.3) is 0 Å². The first kappa shape index (κ1) is 11.8. The van der Waals surface area contributed by atoms with Crippen molar-refractivity contribution in [3.8, 4) is 0 Å². The number of H-pyrrole nitrogens is 1. The summed E-state index contributed by atoms with van der Waals surface area (Å²) in [5.41, 5.74) is 7.02. The van der Waals surface area contributed by atoms with E-state index >= 15 is 0 Å². The Morgan fingerprint density at radius 3 is 2.76 bits per heavy atom. The molecule has 1 aromatic heterocycles. The number of ether oxygens (including phenoxy) is 1. The summed E-state index contributed by atoms with van der Waals surface area (Å²) in [6, 6.07) is -0.0790. The Bertz CT molecular complexity index is 447. The number of nitrogen functional groups attached to an aromatic ring is 1. The SMILES string of the molecule is CC1c2[nH]nc(N)c2CN1C(=O)OC(C)(C)C. The van der Waals surface area contributed by atoms with E-state index in [4.69, 9.17) is 10.5 Å². The van der Waals surface area contributed by atoms with Crippen molar-refractivity contribution in [1.29, 1.82) is 0 Å². The lowest BCUT2D eigenvalue weighted by Crippen LogP contribution is -2.35. The molecule has 1 unspecified atom stereocenters. The van der Waals surface area contributed by atoms with E-state index < -0.39 is 5.60 Å². The topological polar surface area (TPSA) is 84.2 Å². The van der Waals surface area contributed by atoms with Crippen LogP contribution in [0.15, 0.2) is 0 Å². The van der Waals surface area contributed by atoms with Crippen molar-refractivity contribution in [1.82, 2.24) is 15.1 Å². The average Bonchev–Trinajstić information content (AvgIpc) is 2.67. The monoisotopic (exact) mass is 238 g/mol. The van der Waals surface area contributed by atoms with Crippen LogP contribution < -0.4 is 5.73 Å². The molecule has 0 radical (unpaired) electrons. The lowest BCUT2D eigenvalue weighted by atomic mass is 10.2. The Hall–Kier alpha value is -1.72. The molecule has 0 saturated heterocycles. The van der Waals surface area contributed by atoms with Crippen molar-refractivity contribution in [3.05, 3.63) is 11.3 Å². The molecule has 1 aliphatic heterocycles. The maximum Gasteiger partial charge on any atom is 0.411 e. The molecule has 2 rings (SSSR count). The maximum absolute atomic E-state index is 12.0. The van der Waals surface area contributed by atoms with Gasteiger partial charge in [-0.2, -0.15) is 5.10 Å². The van der Waals surface area contributed by atoms with Crippen LogP contribution in [-0.2, 0) is 11.3 Å². The van der Waals surface area contributed by atoms with Crippen LogP contribution in [0.2, 0.25) is 0 Å². The van der Waals surface area contributed by atoms with E-state index in [0.29, 0.717) is 12.4 Å². The Morgan fingerprint density at radius 2 is 2.24 bits per heavy atom. The van der Waals surface area contributed by atoms with Crippen LogP contribution in [0.5, 0.6) is 0 Å². The molecule has 2 heterocycles. The average molecular weight is 238 g/mol. The number of nitrogens with one attached hydrogen (secondary N) is 1. The molecule has 1 amide bonds. The summed E-state index contributed by atoms with van der Waals surface area (Å²) in [6.07, 6.45) is -0.325. The van der Waals surface area contributed by atoms with Crippen molar-refractivity contribution in [3.63, 3.8) is 0 Å². The third-order valence-corrected chi connectivity index (χ3v) is 2.77. The third kappa shape index (κ3) is 2.07. The van der Waals surface area contributed by atoms with E-state index in [9.17, 15) is 4.79 Å². The molecule has 17 heavy (non-hydrogen) atoms. The van der Waals surface area contributed by atoms with Crippen LogP contribution in [0, 0.1) is 0 Å². The Labute approximate surface area is 100 Å². The second-order valence-electron chi connectivity index (χ2n) is 5.29. The smallest absolute Gasteiger partial charge is 0.411 e. The second kappa shape index (κ2) is 3.65. The van der Waals surface area contributed by atoms with Crippen LogP contribution in [0.25, 0.3) is 0 Å². The number of amides is 1. The highest BCUT2D eigenvalue weighted by Crippen LogP contribution is 2.35. The van der Waals surface area contributed by atoms with E-state index in [2.05, 4.69) is 10.2 Å². The lowest BCUT2D eigenvalue weighted by molar-refractivity contribution is 0.0184. The summed E-state index contributed by atoms with van der Waals surface area (Å²) < 4.78 is 5.34. The van der Waals surface area contributed by atoms with Crippen molar-refractivity contribution in [2.75, 3.05) is 5.73 Å². The maximum atomic E-state index is 12.0. The zero-order chi connectivity index (χ0) is 12.8. The van der Waals surface area contributed by atoms with Gasteiger partial charge in [0.2, 0.25) is 0 Å². The highest BCUT2D eigenvalue weighted by Gasteiger charge is 2.36. The normalized spacial score (nSPS) is 19.3. The number of rotatable bonds is 0. The molecule has 6 heteroatoms. The van der Waals surface area contributed by atoms with Gasteiger partial charge in [0.1, 0.15) is 5.60 Å². The van der Waals surface area contributed by atoms with Gasteiger partial charge in [-0.1, -0.05) is 0 Å². The zero-order valence-electron chi connectivity index (χ0n) is 10.6. The van der Waals surface area contributed by atoms with Crippen LogP contribution >= 0.6 is 0 Å². The van der Waals surface area contributed by atoms with Crippen LogP contribution in [0.4, 0.5) is 10.6 Å². The van der Waals surface area contributed by atoms with E-state index in [0.717, 1.165) is 11.3 Å². The highest BCUT2D eigenvalue weighted by atomic mass is 16.6. The minimum Gasteiger partial charge on any atom is -0.444 e. The van der Waals surface area contributed by atoms with Gasteiger partial charge in [-0.05, 0) is 27.7 Å². The van der Waals surface area contributed by atoms with Gasteiger partial charge in [0.15, 0.2) is 5.82 Å². The summed E-state index contributed by atoms with van der Waals surface area (Å²) in [6.45, 7) is 7.92. The molecular weight excluding hydrogens is 220 g/mol. The van der Waals surface area contributed by atoms with Crippen molar-refractivity contribution >= 4 is 11.9 Å². The number of carbonyl (C=O) groups excluding carboxylic acids is 1. The fourth-order valence-corrected chi connectivity index (χ4v) is 1.91. The molecule has 1 aromatic rings. The first-order chi connectivity index (χ1) is 7.79. The first-order valence-electron chi connectivity index (χ1n) is 5.62. The van der Waals surface area contributed by atoms with Gasteiger partial charge in [-0.15, -0.1) is 0 Å². The predicted molar refractivity (Wildman–Crippen MR) is 63.2 cm³/mol. The Morgan fingerprint density at radius 1 is 1.59 bits per heavy atom. The molecule has 1 atom stereocenters. The number of nitrogens with two attached hydrogens (primary N) is 1. The molecule has 0 fully saturated rings. The number of hydrogen-bond acceptors (Lipinski definition) is 4. The van der Waals surface area contributed by atoms with Crippen LogP contribution in [-0.4, -0.2) is 26.8 Å². The van der Waals surface area contributed by atoms with Gasteiger partial charge in [-0.3, -0.25) is 10.00 Å². The molecule has 3 N–H and O–H groups in total. The van der Waals surface area contributed by atoms with Gasteiger partial charge in [0, 0.05) is 5.56 Å². The summed E-state index contributed by atoms with van der Waals surface area (Å²) in [4.78, 5) is 13.6. The summed E-state index contributed by atoms with van der Waals surface area (Å²) >= 11 is 0. The fraction of sp³-hybridized carbons (Fsp3) is 0.636. The molecule has 6 nitrogen and oxygen atoms in total. The Kier molecular flexibility index (Phi) is 2.52. The van der Waals surface area contributed by atoms with E-state index in [-0.39, 0.29) is 12.1 Å². The molecule has 94 valence electrons. The number of aromatic amines is 1. The highest BCUT2D eigenvalue weighted by molar-refractivity contribution is 5.70. The molecular formula is C11H18N4O2. The number of carbonyl (C=O) groups is 1. The number of nitrogens with zero attached hydrogens (tertiary/aromatic N) is 2. The molecule has 0 aliphatic carbocycles. The Balaban J connectivity index is 2.15. The molecule has 0 saturated carbocycles. The van der Waals surface area contributed by atoms with Gasteiger partial charge in [-0.25, -0.2) is 4.79 Å².